The largest absolute Gasteiger partial charge is 0.198 e. The van der Waals surface area contributed by atoms with E-state index in [4.69, 9.17) is 10.5 Å². The van der Waals surface area contributed by atoms with Gasteiger partial charge in [0.15, 0.2) is 0 Å². The molecule has 2 unspecified atom stereocenters. The lowest BCUT2D eigenvalue weighted by molar-refractivity contribution is 0.760. The van der Waals surface area contributed by atoms with Crippen LogP contribution in [0.5, 0.6) is 0 Å². The van der Waals surface area contributed by atoms with Crippen LogP contribution in [-0.2, 0) is 0 Å². The normalized spacial score (nSPS) is 13.5. The van der Waals surface area contributed by atoms with Gasteiger partial charge in [0.05, 0.1) is 12.1 Å². The standard InChI is InChI=1S/C15H18N2/c1-11-8-14(12(2)4-6-16)10-15(9-11)13(3)5-7-17/h8-10,12-13H,4-5H2,1-3H3. The summed E-state index contributed by atoms with van der Waals surface area (Å²) in [5, 5.41) is 17.5. The molecule has 2 heteroatoms. The summed E-state index contributed by atoms with van der Waals surface area (Å²) in [6.45, 7) is 6.19. The van der Waals surface area contributed by atoms with Crippen molar-refractivity contribution in [1.82, 2.24) is 0 Å². The first-order valence-electron chi connectivity index (χ1n) is 5.93. The summed E-state index contributed by atoms with van der Waals surface area (Å²) in [7, 11) is 0. The highest BCUT2D eigenvalue weighted by molar-refractivity contribution is 5.34. The van der Waals surface area contributed by atoms with E-state index >= 15 is 0 Å². The number of aryl methyl sites for hydroxylation is 1. The van der Waals surface area contributed by atoms with Gasteiger partial charge in [-0.1, -0.05) is 37.6 Å². The van der Waals surface area contributed by atoms with E-state index in [1.165, 1.54) is 16.7 Å². The molecule has 1 rings (SSSR count). The van der Waals surface area contributed by atoms with Crippen LogP contribution in [0.3, 0.4) is 0 Å². The molecule has 0 spiro atoms. The molecule has 1 aromatic rings. The lowest BCUT2D eigenvalue weighted by Crippen LogP contribution is -1.98. The van der Waals surface area contributed by atoms with Gasteiger partial charge in [-0.2, -0.15) is 10.5 Å². The second kappa shape index (κ2) is 6.06. The van der Waals surface area contributed by atoms with Crippen LogP contribution < -0.4 is 0 Å². The molecule has 0 heterocycles. The Kier molecular flexibility index (Phi) is 4.73. The highest BCUT2D eigenvalue weighted by Crippen LogP contribution is 2.26. The van der Waals surface area contributed by atoms with Gasteiger partial charge in [-0.15, -0.1) is 0 Å². The number of nitriles is 2. The van der Waals surface area contributed by atoms with Crippen LogP contribution in [0.2, 0.25) is 0 Å². The van der Waals surface area contributed by atoms with E-state index in [1.807, 2.05) is 0 Å². The highest BCUT2D eigenvalue weighted by atomic mass is 14.3. The zero-order chi connectivity index (χ0) is 12.8. The molecule has 0 aliphatic heterocycles. The Morgan fingerprint density at radius 2 is 1.35 bits per heavy atom. The molecule has 0 fully saturated rings. The number of benzene rings is 1. The van der Waals surface area contributed by atoms with Crippen LogP contribution in [0.25, 0.3) is 0 Å². The molecule has 0 bridgehead atoms. The van der Waals surface area contributed by atoms with E-state index in [2.05, 4.69) is 51.1 Å². The summed E-state index contributed by atoms with van der Waals surface area (Å²) in [6.07, 6.45) is 1.07. The smallest absolute Gasteiger partial charge is 0.0628 e. The fourth-order valence-corrected chi connectivity index (χ4v) is 1.92. The molecule has 0 radical (unpaired) electrons. The zero-order valence-corrected chi connectivity index (χ0v) is 10.7. The Morgan fingerprint density at radius 3 is 1.71 bits per heavy atom. The molecule has 2 atom stereocenters. The van der Waals surface area contributed by atoms with Gasteiger partial charge < -0.3 is 0 Å². The van der Waals surface area contributed by atoms with E-state index in [-0.39, 0.29) is 11.8 Å². The molecule has 17 heavy (non-hydrogen) atoms. The van der Waals surface area contributed by atoms with E-state index in [0.717, 1.165) is 0 Å². The van der Waals surface area contributed by atoms with Gasteiger partial charge >= 0.3 is 0 Å². The van der Waals surface area contributed by atoms with Gasteiger partial charge in [-0.25, -0.2) is 0 Å². The molecule has 0 amide bonds. The summed E-state index contributed by atoms with van der Waals surface area (Å²) < 4.78 is 0. The third-order valence-corrected chi connectivity index (χ3v) is 3.06. The van der Waals surface area contributed by atoms with Crippen LogP contribution >= 0.6 is 0 Å². The first-order chi connectivity index (χ1) is 8.08. The van der Waals surface area contributed by atoms with Crippen molar-refractivity contribution in [2.75, 3.05) is 0 Å². The van der Waals surface area contributed by atoms with Gasteiger partial charge in [0.2, 0.25) is 0 Å². The van der Waals surface area contributed by atoms with Crippen molar-refractivity contribution >= 4 is 0 Å². The molecule has 0 saturated heterocycles. The topological polar surface area (TPSA) is 47.6 Å². The minimum atomic E-state index is 0.257. The van der Waals surface area contributed by atoms with E-state index in [1.54, 1.807) is 0 Å². The summed E-state index contributed by atoms with van der Waals surface area (Å²) in [6, 6.07) is 10.8. The van der Waals surface area contributed by atoms with E-state index in [0.29, 0.717) is 12.8 Å². The predicted octanol–water partition coefficient (Wildman–Crippen LogP) is 4.03. The van der Waals surface area contributed by atoms with E-state index < -0.39 is 0 Å². The Morgan fingerprint density at radius 1 is 0.941 bits per heavy atom. The summed E-state index contributed by atoms with van der Waals surface area (Å²) in [4.78, 5) is 0. The van der Waals surface area contributed by atoms with Crippen molar-refractivity contribution in [3.63, 3.8) is 0 Å². The molecular weight excluding hydrogens is 208 g/mol. The Labute approximate surface area is 104 Å². The van der Waals surface area contributed by atoms with Crippen LogP contribution in [0.4, 0.5) is 0 Å². The van der Waals surface area contributed by atoms with Crippen molar-refractivity contribution in [2.24, 2.45) is 0 Å². The van der Waals surface area contributed by atoms with Gasteiger partial charge in [0, 0.05) is 12.8 Å². The lowest BCUT2D eigenvalue weighted by Gasteiger charge is -2.14. The van der Waals surface area contributed by atoms with Crippen LogP contribution in [-0.4, -0.2) is 0 Å². The molecular formula is C15H18N2. The van der Waals surface area contributed by atoms with Gasteiger partial charge in [0.25, 0.3) is 0 Å². The average molecular weight is 226 g/mol. The van der Waals surface area contributed by atoms with Crippen molar-refractivity contribution in [1.29, 1.82) is 10.5 Å². The molecule has 0 aliphatic carbocycles. The lowest BCUT2D eigenvalue weighted by atomic mass is 9.90. The third-order valence-electron chi connectivity index (χ3n) is 3.06. The quantitative estimate of drug-likeness (QED) is 0.778. The summed E-state index contributed by atoms with van der Waals surface area (Å²) in [5.41, 5.74) is 3.60. The molecule has 0 aliphatic rings. The molecule has 0 N–H and O–H groups in total. The maximum Gasteiger partial charge on any atom is 0.0628 e. The number of rotatable bonds is 4. The number of hydrogen-bond donors (Lipinski definition) is 0. The number of hydrogen-bond acceptors (Lipinski definition) is 2. The number of nitrogens with zero attached hydrogens (tertiary/aromatic N) is 2. The van der Waals surface area contributed by atoms with Crippen molar-refractivity contribution in [2.45, 2.75) is 45.4 Å². The first kappa shape index (κ1) is 13.3. The van der Waals surface area contributed by atoms with Crippen LogP contribution in [0, 0.1) is 29.6 Å². The minimum absolute atomic E-state index is 0.257. The van der Waals surface area contributed by atoms with Gasteiger partial charge in [0.1, 0.15) is 0 Å². The van der Waals surface area contributed by atoms with Crippen molar-refractivity contribution in [3.8, 4) is 12.1 Å². The van der Waals surface area contributed by atoms with Crippen molar-refractivity contribution in [3.05, 3.63) is 34.9 Å². The maximum absolute atomic E-state index is 8.74. The highest BCUT2D eigenvalue weighted by Gasteiger charge is 2.10. The van der Waals surface area contributed by atoms with Gasteiger partial charge in [-0.05, 0) is 29.9 Å². The zero-order valence-electron chi connectivity index (χ0n) is 10.7. The van der Waals surface area contributed by atoms with Crippen molar-refractivity contribution < 1.29 is 0 Å². The molecule has 0 saturated carbocycles. The first-order valence-corrected chi connectivity index (χ1v) is 5.93. The Hall–Kier alpha value is -1.80. The second-order valence-electron chi connectivity index (χ2n) is 4.70. The monoisotopic (exact) mass is 226 g/mol. The SMILES string of the molecule is Cc1cc(C(C)CC#N)cc(C(C)CC#N)c1. The maximum atomic E-state index is 8.74. The van der Waals surface area contributed by atoms with Crippen LogP contribution in [0.1, 0.15) is 55.2 Å². The average Bonchev–Trinajstić information content (AvgIpc) is 2.29. The molecule has 88 valence electrons. The predicted molar refractivity (Wildman–Crippen MR) is 68.5 cm³/mol. The fraction of sp³-hybridized carbons (Fsp3) is 0.467. The molecule has 2 nitrogen and oxygen atoms in total. The third kappa shape index (κ3) is 3.61. The molecule has 1 aromatic carbocycles. The molecule has 0 aromatic heterocycles. The Bertz CT molecular complexity index is 423. The fourth-order valence-electron chi connectivity index (χ4n) is 1.92. The Balaban J connectivity index is 3.03. The van der Waals surface area contributed by atoms with Crippen LogP contribution in [0.15, 0.2) is 18.2 Å². The second-order valence-corrected chi connectivity index (χ2v) is 4.70. The summed E-state index contributed by atoms with van der Waals surface area (Å²) in [5.74, 6) is 0.515. The minimum Gasteiger partial charge on any atom is -0.198 e. The van der Waals surface area contributed by atoms with Gasteiger partial charge in [-0.3, -0.25) is 0 Å². The summed E-state index contributed by atoms with van der Waals surface area (Å²) >= 11 is 0. The van der Waals surface area contributed by atoms with E-state index in [9.17, 15) is 0 Å².